The molecule has 0 aliphatic rings. The van der Waals surface area contributed by atoms with Gasteiger partial charge in [-0.2, -0.15) is 4.99 Å². The van der Waals surface area contributed by atoms with Gasteiger partial charge in [0.15, 0.2) is 4.80 Å². The second-order valence-corrected chi connectivity index (χ2v) is 7.69. The van der Waals surface area contributed by atoms with Gasteiger partial charge >= 0.3 is 0 Å². The molecule has 0 radical (unpaired) electrons. The summed E-state index contributed by atoms with van der Waals surface area (Å²) in [6.07, 6.45) is 1.78. The standard InChI is InChI=1S/C25H22N2O3S/c1-3-16-27-23-21(29-4-2)14-9-15-22(23)31-25(27)26-24(28)18-10-8-13-20(17-18)30-19-11-6-5-7-12-19/h3,5-15,17H,1,4,16H2,2H3. The third-order valence-corrected chi connectivity index (χ3v) is 5.58. The Hall–Kier alpha value is -3.64. The Bertz CT molecular complexity index is 1290. The van der Waals surface area contributed by atoms with Crippen molar-refractivity contribution < 1.29 is 14.3 Å². The van der Waals surface area contributed by atoms with Crippen molar-refractivity contribution in [2.24, 2.45) is 4.99 Å². The van der Waals surface area contributed by atoms with E-state index in [2.05, 4.69) is 11.6 Å². The number of para-hydroxylation sites is 2. The predicted molar refractivity (Wildman–Crippen MR) is 124 cm³/mol. The number of hydrogen-bond donors (Lipinski definition) is 0. The van der Waals surface area contributed by atoms with Crippen molar-refractivity contribution in [2.75, 3.05) is 6.61 Å². The lowest BCUT2D eigenvalue weighted by Crippen LogP contribution is -2.16. The molecular weight excluding hydrogens is 408 g/mol. The van der Waals surface area contributed by atoms with E-state index in [-0.39, 0.29) is 5.91 Å². The van der Waals surface area contributed by atoms with E-state index in [4.69, 9.17) is 9.47 Å². The Labute approximate surface area is 184 Å². The first-order valence-corrected chi connectivity index (χ1v) is 10.8. The minimum atomic E-state index is -0.333. The SMILES string of the molecule is C=CCn1c(=NC(=O)c2cccc(Oc3ccccc3)c2)sc2cccc(OCC)c21. The molecule has 0 aliphatic heterocycles. The molecule has 5 nitrogen and oxygen atoms in total. The number of thiazole rings is 1. The maximum absolute atomic E-state index is 13.0. The van der Waals surface area contributed by atoms with Gasteiger partial charge in [-0.15, -0.1) is 6.58 Å². The number of allylic oxidation sites excluding steroid dienone is 1. The number of ether oxygens (including phenoxy) is 2. The van der Waals surface area contributed by atoms with E-state index >= 15 is 0 Å². The van der Waals surface area contributed by atoms with Crippen LogP contribution < -0.4 is 14.3 Å². The molecule has 4 rings (SSSR count). The smallest absolute Gasteiger partial charge is 0.279 e. The molecule has 4 aromatic rings. The van der Waals surface area contributed by atoms with E-state index in [1.807, 2.05) is 66.1 Å². The van der Waals surface area contributed by atoms with E-state index in [1.165, 1.54) is 11.3 Å². The average Bonchev–Trinajstić information content (AvgIpc) is 3.13. The van der Waals surface area contributed by atoms with Crippen molar-refractivity contribution in [1.29, 1.82) is 0 Å². The van der Waals surface area contributed by atoms with Crippen molar-refractivity contribution in [3.63, 3.8) is 0 Å². The van der Waals surface area contributed by atoms with Crippen LogP contribution in [0.4, 0.5) is 0 Å². The summed E-state index contributed by atoms with van der Waals surface area (Å²) in [7, 11) is 0. The molecule has 156 valence electrons. The van der Waals surface area contributed by atoms with E-state index in [1.54, 1.807) is 24.3 Å². The molecule has 0 saturated heterocycles. The van der Waals surface area contributed by atoms with Crippen molar-refractivity contribution >= 4 is 27.5 Å². The lowest BCUT2D eigenvalue weighted by atomic mass is 10.2. The van der Waals surface area contributed by atoms with Gasteiger partial charge in [0.25, 0.3) is 5.91 Å². The summed E-state index contributed by atoms with van der Waals surface area (Å²) in [6, 6.07) is 22.4. The fourth-order valence-electron chi connectivity index (χ4n) is 3.22. The van der Waals surface area contributed by atoms with Crippen molar-refractivity contribution in [1.82, 2.24) is 4.57 Å². The van der Waals surface area contributed by atoms with Crippen LogP contribution in [0, 0.1) is 0 Å². The van der Waals surface area contributed by atoms with E-state index in [0.717, 1.165) is 16.0 Å². The molecule has 0 spiro atoms. The molecule has 0 aliphatic carbocycles. The average molecular weight is 431 g/mol. The van der Waals surface area contributed by atoms with E-state index < -0.39 is 0 Å². The number of carbonyl (C=O) groups excluding carboxylic acids is 1. The van der Waals surface area contributed by atoms with Gasteiger partial charge in [-0.25, -0.2) is 0 Å². The fourth-order valence-corrected chi connectivity index (χ4v) is 4.28. The van der Waals surface area contributed by atoms with E-state index in [9.17, 15) is 4.79 Å². The minimum Gasteiger partial charge on any atom is -0.492 e. The molecule has 0 fully saturated rings. The number of benzene rings is 3. The zero-order chi connectivity index (χ0) is 21.6. The summed E-state index contributed by atoms with van der Waals surface area (Å²) < 4.78 is 14.6. The normalized spacial score (nSPS) is 11.5. The maximum atomic E-state index is 13.0. The van der Waals surface area contributed by atoms with Gasteiger partial charge in [-0.3, -0.25) is 4.79 Å². The van der Waals surface area contributed by atoms with E-state index in [0.29, 0.717) is 35.0 Å². The van der Waals surface area contributed by atoms with Crippen molar-refractivity contribution in [3.8, 4) is 17.2 Å². The second kappa shape index (κ2) is 9.45. The summed E-state index contributed by atoms with van der Waals surface area (Å²) in [5, 5.41) is 0. The van der Waals surface area contributed by atoms with Crippen molar-refractivity contribution in [3.05, 3.63) is 95.8 Å². The first kappa shape index (κ1) is 20.6. The number of aromatic nitrogens is 1. The lowest BCUT2D eigenvalue weighted by molar-refractivity contribution is 0.0997. The molecule has 0 bridgehead atoms. The van der Waals surface area contributed by atoms with Crippen LogP contribution in [0.15, 0.2) is 90.4 Å². The van der Waals surface area contributed by atoms with Crippen LogP contribution >= 0.6 is 11.3 Å². The lowest BCUT2D eigenvalue weighted by Gasteiger charge is -2.08. The molecule has 0 saturated carbocycles. The molecule has 0 unspecified atom stereocenters. The quantitative estimate of drug-likeness (QED) is 0.347. The highest BCUT2D eigenvalue weighted by Crippen LogP contribution is 2.28. The highest BCUT2D eigenvalue weighted by atomic mass is 32.1. The topological polar surface area (TPSA) is 52.8 Å². The number of amides is 1. The minimum absolute atomic E-state index is 0.333. The van der Waals surface area contributed by atoms with Crippen LogP contribution in [0.2, 0.25) is 0 Å². The Morgan fingerprint density at radius 2 is 1.84 bits per heavy atom. The van der Waals surface area contributed by atoms with Gasteiger partial charge in [0, 0.05) is 12.1 Å². The molecule has 0 N–H and O–H groups in total. The summed E-state index contributed by atoms with van der Waals surface area (Å²) in [5.41, 5.74) is 1.38. The zero-order valence-corrected chi connectivity index (χ0v) is 18.0. The summed E-state index contributed by atoms with van der Waals surface area (Å²) in [4.78, 5) is 18.0. The molecule has 1 heterocycles. The van der Waals surface area contributed by atoms with Crippen LogP contribution in [-0.2, 0) is 6.54 Å². The van der Waals surface area contributed by atoms with Crippen LogP contribution in [0.1, 0.15) is 17.3 Å². The largest absolute Gasteiger partial charge is 0.492 e. The first-order valence-electron chi connectivity index (χ1n) is 9.97. The van der Waals surface area contributed by atoms with Crippen LogP contribution in [0.25, 0.3) is 10.2 Å². The van der Waals surface area contributed by atoms with Crippen LogP contribution in [0.5, 0.6) is 17.2 Å². The third-order valence-electron chi connectivity index (χ3n) is 4.53. The molecular formula is C25H22N2O3S. The molecule has 6 heteroatoms. The summed E-state index contributed by atoms with van der Waals surface area (Å²) >= 11 is 1.45. The monoisotopic (exact) mass is 430 g/mol. The number of hydrogen-bond acceptors (Lipinski definition) is 4. The van der Waals surface area contributed by atoms with Gasteiger partial charge in [-0.05, 0) is 49.4 Å². The van der Waals surface area contributed by atoms with Gasteiger partial charge in [0.1, 0.15) is 22.8 Å². The van der Waals surface area contributed by atoms with Gasteiger partial charge in [0.05, 0.1) is 11.3 Å². The third kappa shape index (κ3) is 4.59. The van der Waals surface area contributed by atoms with Crippen LogP contribution in [-0.4, -0.2) is 17.1 Å². The van der Waals surface area contributed by atoms with Gasteiger partial charge < -0.3 is 14.0 Å². The summed E-state index contributed by atoms with van der Waals surface area (Å²) in [5.74, 6) is 1.73. The van der Waals surface area contributed by atoms with Crippen molar-refractivity contribution in [2.45, 2.75) is 13.5 Å². The number of rotatable bonds is 7. The fraction of sp³-hybridized carbons (Fsp3) is 0.120. The zero-order valence-electron chi connectivity index (χ0n) is 17.2. The van der Waals surface area contributed by atoms with Gasteiger partial charge in [0.2, 0.25) is 0 Å². The maximum Gasteiger partial charge on any atom is 0.279 e. The highest BCUT2D eigenvalue weighted by molar-refractivity contribution is 7.16. The molecule has 3 aromatic carbocycles. The number of carbonyl (C=O) groups is 1. The molecule has 0 atom stereocenters. The molecule has 1 aromatic heterocycles. The van der Waals surface area contributed by atoms with Gasteiger partial charge in [-0.1, -0.05) is 47.7 Å². The number of fused-ring (bicyclic) bond motifs is 1. The predicted octanol–water partition coefficient (Wildman–Crippen LogP) is 5.82. The molecule has 31 heavy (non-hydrogen) atoms. The second-order valence-electron chi connectivity index (χ2n) is 6.68. The Kier molecular flexibility index (Phi) is 6.29. The Balaban J connectivity index is 1.72. The Morgan fingerprint density at radius 1 is 1.06 bits per heavy atom. The van der Waals surface area contributed by atoms with Crippen LogP contribution in [0.3, 0.4) is 0 Å². The summed E-state index contributed by atoms with van der Waals surface area (Å²) in [6.45, 7) is 6.87. The Morgan fingerprint density at radius 3 is 2.61 bits per heavy atom. The number of nitrogens with zero attached hydrogens (tertiary/aromatic N) is 2. The first-order chi connectivity index (χ1) is 15.2. The highest BCUT2D eigenvalue weighted by Gasteiger charge is 2.13. The molecule has 1 amide bonds.